The summed E-state index contributed by atoms with van der Waals surface area (Å²) in [6.45, 7) is 12.6. The molecule has 0 aliphatic carbocycles. The second-order valence-corrected chi connectivity index (χ2v) is 29.7. The number of hydrogen-bond donors (Lipinski definition) is 1. The fourth-order valence-corrected chi connectivity index (χ4v) is 19.0. The first-order valence-electron chi connectivity index (χ1n) is 33.1. The van der Waals surface area contributed by atoms with Gasteiger partial charge >= 0.3 is 0 Å². The van der Waals surface area contributed by atoms with Crippen molar-refractivity contribution in [2.75, 3.05) is 29.6 Å². The number of hydrogen-bond acceptors (Lipinski definition) is 1. The number of ether oxygens (including phenoxy) is 1. The Kier molecular flexibility index (Phi) is 56.7. The molecule has 0 atom stereocenters. The molecule has 0 saturated carbocycles. The standard InChI is InChI=1S/C66H136OS2/c1-6-11-16-21-26-31-36-41-46-51-56-61-67-66(68)69(62-57-52-47-42-37-32-27-22-17-12-7-2,63-58-53-48-43-38-33-28-23-18-13-8-3,64-59-54-49-44-39-34-29-24-19-14-9-4)65-60-55-50-45-40-35-30-25-20-15-10-5/h68H,6-65H2,1-5H3. The molecule has 0 aliphatic rings. The molecule has 0 fully saturated rings. The molecule has 0 heterocycles. The highest BCUT2D eigenvalue weighted by molar-refractivity contribution is 8.52. The van der Waals surface area contributed by atoms with Crippen molar-refractivity contribution >= 4 is 25.8 Å². The summed E-state index contributed by atoms with van der Waals surface area (Å²) in [6.07, 6.45) is 78.5. The van der Waals surface area contributed by atoms with Crippen molar-refractivity contribution in [1.29, 1.82) is 0 Å². The molecule has 0 spiro atoms. The molecule has 0 aliphatic heterocycles. The summed E-state index contributed by atoms with van der Waals surface area (Å²) < 4.78 is 8.54. The van der Waals surface area contributed by atoms with Gasteiger partial charge in [0.25, 0.3) is 0 Å². The molecule has 0 amide bonds. The van der Waals surface area contributed by atoms with Gasteiger partial charge in [0.15, 0.2) is 0 Å². The first-order chi connectivity index (χ1) is 34.0. The average Bonchev–Trinajstić information content (AvgIpc) is 3.36. The maximum absolute atomic E-state index is 7.22. The summed E-state index contributed by atoms with van der Waals surface area (Å²) in [5, 5.41) is 0. The van der Waals surface area contributed by atoms with E-state index in [9.17, 15) is 0 Å². The number of thiol groups is 1. The van der Waals surface area contributed by atoms with Crippen LogP contribution < -0.4 is 0 Å². The Labute approximate surface area is 445 Å². The van der Waals surface area contributed by atoms with Crippen molar-refractivity contribution < 1.29 is 4.74 Å². The third-order valence-electron chi connectivity index (χ3n) is 16.6. The van der Waals surface area contributed by atoms with Gasteiger partial charge in [-0.2, -0.15) is 0 Å². The van der Waals surface area contributed by atoms with E-state index in [2.05, 4.69) is 34.6 Å². The summed E-state index contributed by atoms with van der Waals surface area (Å²) in [5.74, 6) is 5.72. The van der Waals surface area contributed by atoms with Gasteiger partial charge in [-0.15, -0.1) is 12.6 Å². The topological polar surface area (TPSA) is 9.23 Å². The van der Waals surface area contributed by atoms with Crippen molar-refractivity contribution in [2.45, 2.75) is 388 Å². The minimum absolute atomic E-state index is 0.912. The van der Waals surface area contributed by atoms with Crippen LogP contribution in [-0.4, -0.2) is 34.0 Å². The molecule has 69 heavy (non-hydrogen) atoms. The van der Waals surface area contributed by atoms with Gasteiger partial charge < -0.3 is 4.74 Å². The van der Waals surface area contributed by atoms with Crippen molar-refractivity contribution in [2.24, 2.45) is 0 Å². The van der Waals surface area contributed by atoms with Crippen LogP contribution in [0, 0.1) is 0 Å². The smallest absolute Gasteiger partial charge is 0.116 e. The zero-order chi connectivity index (χ0) is 50.2. The van der Waals surface area contributed by atoms with Crippen LogP contribution >= 0.6 is 21.4 Å². The van der Waals surface area contributed by atoms with E-state index in [1.54, 1.807) is 0 Å². The lowest BCUT2D eigenvalue weighted by Crippen LogP contribution is -2.31. The number of rotatable bonds is 60. The number of unbranched alkanes of at least 4 members (excludes halogenated alkanes) is 50. The van der Waals surface area contributed by atoms with Gasteiger partial charge in [0, 0.05) is 0 Å². The zero-order valence-corrected chi connectivity index (χ0v) is 50.9. The highest BCUT2D eigenvalue weighted by Crippen LogP contribution is 2.64. The maximum Gasteiger partial charge on any atom is 0.116 e. The van der Waals surface area contributed by atoms with E-state index in [0.717, 1.165) is 6.61 Å². The van der Waals surface area contributed by atoms with Gasteiger partial charge in [-0.05, 0) is 55.1 Å². The van der Waals surface area contributed by atoms with Crippen LogP contribution in [0.25, 0.3) is 0 Å². The Balaban J connectivity index is 6.17. The third kappa shape index (κ3) is 44.5. The van der Waals surface area contributed by atoms with Crippen LogP contribution in [0.4, 0.5) is 0 Å². The van der Waals surface area contributed by atoms with E-state index in [0.29, 0.717) is 0 Å². The molecule has 0 aromatic carbocycles. The second-order valence-electron chi connectivity index (χ2n) is 23.4. The van der Waals surface area contributed by atoms with Crippen LogP contribution in [0.3, 0.4) is 0 Å². The molecule has 0 rings (SSSR count). The van der Waals surface area contributed by atoms with Crippen LogP contribution in [-0.2, 0) is 4.74 Å². The molecule has 0 unspecified atom stereocenters. The van der Waals surface area contributed by atoms with Gasteiger partial charge in [-0.25, -0.2) is 8.75 Å². The molecular formula is C66H136OS2. The van der Waals surface area contributed by atoms with Crippen molar-refractivity contribution in [3.8, 4) is 0 Å². The third-order valence-corrected chi connectivity index (χ3v) is 24.8. The SMILES string of the molecule is CCCCCCCCCCCCCOC(S)=S(CCCCCCCCCCCCC)(CCCCCCCCCCCCC)(CCCCCCCCCCCCC)CCCCCCCCCCCCC. The minimum Gasteiger partial charge on any atom is -0.336 e. The highest BCUT2D eigenvalue weighted by Gasteiger charge is 2.36. The molecule has 0 aromatic rings. The summed E-state index contributed by atoms with van der Waals surface area (Å²) >= 11 is 5.77. The van der Waals surface area contributed by atoms with Gasteiger partial charge in [0.2, 0.25) is 0 Å². The largest absolute Gasteiger partial charge is 0.336 e. The molecule has 0 saturated heterocycles. The van der Waals surface area contributed by atoms with E-state index in [1.165, 1.54) is 381 Å². The molecular weight excluding hydrogens is 873 g/mol. The Hall–Kier alpha value is 0.530. The van der Waals surface area contributed by atoms with Crippen molar-refractivity contribution in [3.05, 3.63) is 0 Å². The fourth-order valence-electron chi connectivity index (χ4n) is 11.6. The quantitative estimate of drug-likeness (QED) is 0.0363. The zero-order valence-electron chi connectivity index (χ0n) is 49.2. The molecule has 0 bridgehead atoms. The van der Waals surface area contributed by atoms with Crippen LogP contribution in [0.2, 0.25) is 0 Å². The van der Waals surface area contributed by atoms with Gasteiger partial charge in [0.1, 0.15) is 4.38 Å². The Morgan fingerprint density at radius 3 is 0.536 bits per heavy atom. The first kappa shape index (κ1) is 69.5. The predicted octanol–water partition coefficient (Wildman–Crippen LogP) is 24.9. The molecule has 0 N–H and O–H groups in total. The summed E-state index contributed by atoms with van der Waals surface area (Å²) in [5.41, 5.74) is 0. The van der Waals surface area contributed by atoms with E-state index >= 15 is 0 Å². The van der Waals surface area contributed by atoms with Crippen LogP contribution in [0.15, 0.2) is 0 Å². The molecule has 3 heteroatoms. The van der Waals surface area contributed by atoms with Gasteiger partial charge in [0.05, 0.1) is 6.61 Å². The summed E-state index contributed by atoms with van der Waals surface area (Å²) in [4.78, 5) is 0. The lowest BCUT2D eigenvalue weighted by Gasteiger charge is -2.52. The van der Waals surface area contributed by atoms with Crippen molar-refractivity contribution in [3.63, 3.8) is 0 Å². The predicted molar refractivity (Wildman–Crippen MR) is 329 cm³/mol. The second kappa shape index (κ2) is 56.3. The minimum atomic E-state index is -2.03. The highest BCUT2D eigenvalue weighted by atomic mass is 32.3. The Morgan fingerprint density at radius 2 is 0.362 bits per heavy atom. The lowest BCUT2D eigenvalue weighted by molar-refractivity contribution is 0.307. The summed E-state index contributed by atoms with van der Waals surface area (Å²) in [6, 6.07) is 0. The monoisotopic (exact) mass is 1010 g/mol. The fraction of sp³-hybridized carbons (Fsp3) is 0.985. The molecule has 0 aromatic heterocycles. The lowest BCUT2D eigenvalue weighted by atomic mass is 10.1. The van der Waals surface area contributed by atoms with Crippen LogP contribution in [0.1, 0.15) is 388 Å². The molecule has 0 radical (unpaired) electrons. The van der Waals surface area contributed by atoms with E-state index in [1.807, 2.05) is 0 Å². The first-order valence-corrected chi connectivity index (χ1v) is 36.3. The molecule has 1 nitrogen and oxygen atoms in total. The average molecular weight is 1010 g/mol. The van der Waals surface area contributed by atoms with Gasteiger partial charge in [-0.1, -0.05) is 356 Å². The van der Waals surface area contributed by atoms with Crippen molar-refractivity contribution in [1.82, 2.24) is 0 Å². The maximum atomic E-state index is 7.22. The normalized spacial score (nSPS) is 12.6. The van der Waals surface area contributed by atoms with Crippen LogP contribution in [0.5, 0.6) is 0 Å². The van der Waals surface area contributed by atoms with E-state index in [-0.39, 0.29) is 0 Å². The Bertz CT molecular complexity index is 908. The molecule has 418 valence electrons. The Morgan fingerprint density at radius 1 is 0.217 bits per heavy atom. The van der Waals surface area contributed by atoms with E-state index in [4.69, 9.17) is 17.4 Å². The van der Waals surface area contributed by atoms with Gasteiger partial charge in [-0.3, -0.25) is 0 Å². The summed E-state index contributed by atoms with van der Waals surface area (Å²) in [7, 11) is -2.03. The van der Waals surface area contributed by atoms with E-state index < -0.39 is 8.75 Å².